The molecule has 1 aliphatic carbocycles. The van der Waals surface area contributed by atoms with Crippen molar-refractivity contribution in [2.75, 3.05) is 13.2 Å². The first-order valence-electron chi connectivity index (χ1n) is 4.66. The molecule has 1 aliphatic rings. The van der Waals surface area contributed by atoms with Crippen LogP contribution in [0.2, 0.25) is 0 Å². The number of hydrogen-bond acceptors (Lipinski definition) is 1. The quantitative estimate of drug-likeness (QED) is 0.595. The van der Waals surface area contributed by atoms with Gasteiger partial charge in [-0.1, -0.05) is 6.92 Å². The molecule has 0 amide bonds. The standard InChI is InChI=1S/C9H19NO/c1-7-2-8(5-10)4-9(3-7)6-11/h7-9,11H,2-6,10H2,1H3/p+1/t7-,8-,9-/m1/s1. The zero-order valence-electron chi connectivity index (χ0n) is 7.42. The summed E-state index contributed by atoms with van der Waals surface area (Å²) >= 11 is 0. The van der Waals surface area contributed by atoms with Gasteiger partial charge in [-0.05, 0) is 31.1 Å². The van der Waals surface area contributed by atoms with Crippen LogP contribution in [0.25, 0.3) is 0 Å². The van der Waals surface area contributed by atoms with Gasteiger partial charge in [0.15, 0.2) is 0 Å². The topological polar surface area (TPSA) is 47.9 Å². The van der Waals surface area contributed by atoms with Gasteiger partial charge in [0.25, 0.3) is 0 Å². The zero-order chi connectivity index (χ0) is 8.27. The first-order valence-corrected chi connectivity index (χ1v) is 4.66. The van der Waals surface area contributed by atoms with Gasteiger partial charge in [-0.15, -0.1) is 0 Å². The fourth-order valence-corrected chi connectivity index (χ4v) is 2.28. The van der Waals surface area contributed by atoms with Crippen molar-refractivity contribution in [3.63, 3.8) is 0 Å². The van der Waals surface area contributed by atoms with Crippen LogP contribution in [0.3, 0.4) is 0 Å². The van der Waals surface area contributed by atoms with E-state index in [9.17, 15) is 0 Å². The molecule has 66 valence electrons. The van der Waals surface area contributed by atoms with Crippen LogP contribution in [0.15, 0.2) is 0 Å². The molecule has 0 aromatic rings. The van der Waals surface area contributed by atoms with Crippen LogP contribution in [0.1, 0.15) is 26.2 Å². The summed E-state index contributed by atoms with van der Waals surface area (Å²) in [4.78, 5) is 0. The zero-order valence-corrected chi connectivity index (χ0v) is 7.42. The maximum atomic E-state index is 9.00. The first-order chi connectivity index (χ1) is 5.26. The summed E-state index contributed by atoms with van der Waals surface area (Å²) < 4.78 is 0. The number of aliphatic hydroxyl groups is 1. The van der Waals surface area contributed by atoms with Gasteiger partial charge in [0, 0.05) is 12.5 Å². The van der Waals surface area contributed by atoms with Crippen molar-refractivity contribution >= 4 is 0 Å². The Morgan fingerprint density at radius 1 is 1.27 bits per heavy atom. The van der Waals surface area contributed by atoms with Gasteiger partial charge in [0.1, 0.15) is 0 Å². The van der Waals surface area contributed by atoms with Crippen LogP contribution in [0.5, 0.6) is 0 Å². The molecule has 1 saturated carbocycles. The molecule has 1 fully saturated rings. The van der Waals surface area contributed by atoms with Crippen LogP contribution in [-0.4, -0.2) is 18.3 Å². The van der Waals surface area contributed by atoms with E-state index in [0.717, 1.165) is 18.4 Å². The van der Waals surface area contributed by atoms with Gasteiger partial charge in [0.05, 0.1) is 6.54 Å². The summed E-state index contributed by atoms with van der Waals surface area (Å²) in [5, 5.41) is 9.00. The lowest BCUT2D eigenvalue weighted by Crippen LogP contribution is -2.54. The third kappa shape index (κ3) is 2.46. The monoisotopic (exact) mass is 158 g/mol. The smallest absolute Gasteiger partial charge is 0.0768 e. The fourth-order valence-electron chi connectivity index (χ4n) is 2.28. The van der Waals surface area contributed by atoms with E-state index in [1.165, 1.54) is 19.3 Å². The predicted molar refractivity (Wildman–Crippen MR) is 44.8 cm³/mol. The highest BCUT2D eigenvalue weighted by molar-refractivity contribution is 4.75. The number of hydrogen-bond donors (Lipinski definition) is 2. The Labute approximate surface area is 68.8 Å². The normalized spacial score (nSPS) is 39.0. The van der Waals surface area contributed by atoms with E-state index in [1.807, 2.05) is 0 Å². The molecule has 4 N–H and O–H groups in total. The lowest BCUT2D eigenvalue weighted by Gasteiger charge is -2.30. The predicted octanol–water partition coefficient (Wildman–Crippen LogP) is 0.273. The minimum absolute atomic E-state index is 0.376. The molecule has 0 saturated heterocycles. The molecule has 0 aliphatic heterocycles. The summed E-state index contributed by atoms with van der Waals surface area (Å²) in [6.07, 6.45) is 3.73. The second-order valence-corrected chi connectivity index (χ2v) is 4.02. The van der Waals surface area contributed by atoms with E-state index in [1.54, 1.807) is 0 Å². The van der Waals surface area contributed by atoms with Crippen LogP contribution < -0.4 is 5.73 Å². The molecular formula is C9H20NO+. The number of quaternary nitrogens is 1. The van der Waals surface area contributed by atoms with Crippen molar-refractivity contribution in [2.24, 2.45) is 17.8 Å². The Balaban J connectivity index is 2.37. The molecule has 0 bridgehead atoms. The lowest BCUT2D eigenvalue weighted by molar-refractivity contribution is -0.381. The van der Waals surface area contributed by atoms with Gasteiger partial charge in [-0.3, -0.25) is 0 Å². The molecule has 1 rings (SSSR count). The van der Waals surface area contributed by atoms with Crippen molar-refractivity contribution < 1.29 is 10.8 Å². The van der Waals surface area contributed by atoms with E-state index < -0.39 is 0 Å². The molecule has 2 nitrogen and oxygen atoms in total. The van der Waals surface area contributed by atoms with Gasteiger partial charge in [-0.2, -0.15) is 0 Å². The number of rotatable bonds is 2. The molecule has 0 heterocycles. The molecule has 0 unspecified atom stereocenters. The molecule has 0 radical (unpaired) electrons. The summed E-state index contributed by atoms with van der Waals surface area (Å²) in [5.74, 6) is 2.13. The van der Waals surface area contributed by atoms with Crippen LogP contribution >= 0.6 is 0 Å². The van der Waals surface area contributed by atoms with E-state index in [0.29, 0.717) is 12.5 Å². The second-order valence-electron chi connectivity index (χ2n) is 4.02. The largest absolute Gasteiger partial charge is 0.396 e. The van der Waals surface area contributed by atoms with Crippen LogP contribution in [-0.2, 0) is 0 Å². The maximum Gasteiger partial charge on any atom is 0.0768 e. The minimum Gasteiger partial charge on any atom is -0.396 e. The maximum absolute atomic E-state index is 9.00. The van der Waals surface area contributed by atoms with E-state index in [-0.39, 0.29) is 0 Å². The lowest BCUT2D eigenvalue weighted by atomic mass is 9.76. The second kappa shape index (κ2) is 4.07. The highest BCUT2D eigenvalue weighted by Crippen LogP contribution is 2.31. The highest BCUT2D eigenvalue weighted by Gasteiger charge is 2.25. The van der Waals surface area contributed by atoms with Crippen molar-refractivity contribution in [1.29, 1.82) is 0 Å². The highest BCUT2D eigenvalue weighted by atomic mass is 16.3. The SMILES string of the molecule is C[C@@H]1C[C@@H](C[NH3+])C[C@H](CO)C1. The Morgan fingerprint density at radius 2 is 1.91 bits per heavy atom. The van der Waals surface area contributed by atoms with Gasteiger partial charge in [-0.25, -0.2) is 0 Å². The Bertz CT molecular complexity index is 104. The van der Waals surface area contributed by atoms with Gasteiger partial charge >= 0.3 is 0 Å². The Morgan fingerprint density at radius 3 is 2.45 bits per heavy atom. The van der Waals surface area contributed by atoms with Gasteiger partial charge in [0.2, 0.25) is 0 Å². The Hall–Kier alpha value is -0.0800. The van der Waals surface area contributed by atoms with Crippen LogP contribution in [0.4, 0.5) is 0 Å². The number of aliphatic hydroxyl groups excluding tert-OH is 1. The van der Waals surface area contributed by atoms with Crippen LogP contribution in [0, 0.1) is 17.8 Å². The van der Waals surface area contributed by atoms with E-state index in [2.05, 4.69) is 12.7 Å². The van der Waals surface area contributed by atoms with Crippen molar-refractivity contribution in [1.82, 2.24) is 0 Å². The Kier molecular flexibility index (Phi) is 3.34. The van der Waals surface area contributed by atoms with E-state index in [4.69, 9.17) is 5.11 Å². The molecule has 2 heteroatoms. The minimum atomic E-state index is 0.376. The summed E-state index contributed by atoms with van der Waals surface area (Å²) in [6, 6.07) is 0. The van der Waals surface area contributed by atoms with Crippen molar-refractivity contribution in [2.45, 2.75) is 26.2 Å². The molecule has 0 aromatic carbocycles. The van der Waals surface area contributed by atoms with Crippen molar-refractivity contribution in [3.8, 4) is 0 Å². The van der Waals surface area contributed by atoms with Gasteiger partial charge < -0.3 is 10.8 Å². The molecule has 11 heavy (non-hydrogen) atoms. The molecule has 3 atom stereocenters. The third-order valence-corrected chi connectivity index (χ3v) is 2.80. The average molecular weight is 158 g/mol. The summed E-state index contributed by atoms with van der Waals surface area (Å²) in [6.45, 7) is 3.70. The average Bonchev–Trinajstić information content (AvgIpc) is 2.03. The van der Waals surface area contributed by atoms with E-state index >= 15 is 0 Å². The third-order valence-electron chi connectivity index (χ3n) is 2.80. The molecular weight excluding hydrogens is 138 g/mol. The first kappa shape index (κ1) is 9.01. The fraction of sp³-hybridized carbons (Fsp3) is 1.00. The summed E-state index contributed by atoms with van der Waals surface area (Å²) in [5.41, 5.74) is 3.93. The van der Waals surface area contributed by atoms with Crippen molar-refractivity contribution in [3.05, 3.63) is 0 Å². The summed E-state index contributed by atoms with van der Waals surface area (Å²) in [7, 11) is 0. The molecule has 0 aromatic heterocycles. The molecule has 0 spiro atoms.